The Kier molecular flexibility index (Phi) is 3.99. The van der Waals surface area contributed by atoms with Gasteiger partial charge >= 0.3 is 5.97 Å². The molecule has 0 atom stereocenters. The van der Waals surface area contributed by atoms with Gasteiger partial charge in [0.05, 0.1) is 12.8 Å². The van der Waals surface area contributed by atoms with Crippen molar-refractivity contribution < 1.29 is 9.53 Å². The van der Waals surface area contributed by atoms with Crippen LogP contribution >= 0.6 is 0 Å². The highest BCUT2D eigenvalue weighted by atomic mass is 16.5. The highest BCUT2D eigenvalue weighted by molar-refractivity contribution is 5.75. The predicted octanol–water partition coefficient (Wildman–Crippen LogP) is 1.51. The van der Waals surface area contributed by atoms with Crippen molar-refractivity contribution in [2.24, 2.45) is 0 Å². The maximum Gasteiger partial charge on any atom is 0.325 e. The van der Waals surface area contributed by atoms with Crippen LogP contribution in [0.15, 0.2) is 24.5 Å². The van der Waals surface area contributed by atoms with Crippen molar-refractivity contribution in [2.75, 3.05) is 18.1 Å². The fourth-order valence-electron chi connectivity index (χ4n) is 1.84. The molecule has 2 aromatic rings. The number of carbonyl (C=O) groups is 1. The van der Waals surface area contributed by atoms with Crippen LogP contribution in [-0.4, -0.2) is 39.8 Å². The van der Waals surface area contributed by atoms with E-state index in [2.05, 4.69) is 10.1 Å². The molecule has 0 bridgehead atoms. The molecule has 0 aliphatic carbocycles. The van der Waals surface area contributed by atoms with Gasteiger partial charge in [-0.3, -0.25) is 4.79 Å². The highest BCUT2D eigenvalue weighted by Crippen LogP contribution is 2.15. The van der Waals surface area contributed by atoms with Gasteiger partial charge < -0.3 is 9.64 Å². The molecule has 0 aromatic carbocycles. The summed E-state index contributed by atoms with van der Waals surface area (Å²) in [4.78, 5) is 18.0. The normalized spacial score (nSPS) is 10.9. The van der Waals surface area contributed by atoms with Crippen LogP contribution < -0.4 is 4.90 Å². The number of fused-ring (bicyclic) bond motifs is 1. The second-order valence-corrected chi connectivity index (χ2v) is 4.45. The molecule has 0 spiro atoms. The third-order valence-corrected chi connectivity index (χ3v) is 2.77. The molecule has 19 heavy (non-hydrogen) atoms. The van der Waals surface area contributed by atoms with E-state index in [0.29, 0.717) is 6.61 Å². The molecule has 0 saturated heterocycles. The summed E-state index contributed by atoms with van der Waals surface area (Å²) >= 11 is 0. The van der Waals surface area contributed by atoms with E-state index in [1.165, 1.54) is 0 Å². The van der Waals surface area contributed by atoms with E-state index in [9.17, 15) is 4.79 Å². The molecule has 2 heterocycles. The Balaban J connectivity index is 2.24. The summed E-state index contributed by atoms with van der Waals surface area (Å²) in [5, 5.41) is 4.10. The lowest BCUT2D eigenvalue weighted by molar-refractivity contribution is -0.141. The predicted molar refractivity (Wildman–Crippen MR) is 72.1 cm³/mol. The number of rotatable bonds is 5. The van der Waals surface area contributed by atoms with Crippen molar-refractivity contribution in [3.63, 3.8) is 0 Å². The minimum absolute atomic E-state index is 0.155. The van der Waals surface area contributed by atoms with Crippen molar-refractivity contribution in [3.8, 4) is 0 Å². The summed E-state index contributed by atoms with van der Waals surface area (Å²) in [6.07, 6.45) is 3.52. The molecule has 0 unspecified atom stereocenters. The number of aromatic nitrogens is 3. The van der Waals surface area contributed by atoms with Crippen LogP contribution in [0.4, 0.5) is 5.82 Å². The van der Waals surface area contributed by atoms with Gasteiger partial charge in [-0.1, -0.05) is 0 Å². The summed E-state index contributed by atoms with van der Waals surface area (Å²) in [5.74, 6) is 0.502. The van der Waals surface area contributed by atoms with Gasteiger partial charge in [-0.2, -0.15) is 5.10 Å². The molecule has 2 aromatic heterocycles. The van der Waals surface area contributed by atoms with Crippen LogP contribution in [0.25, 0.3) is 5.65 Å². The largest absolute Gasteiger partial charge is 0.465 e. The fourth-order valence-corrected chi connectivity index (χ4v) is 1.84. The number of ether oxygens (including phenoxy) is 1. The number of hydrogen-bond acceptors (Lipinski definition) is 5. The van der Waals surface area contributed by atoms with Crippen LogP contribution in [0, 0.1) is 0 Å². The fraction of sp³-hybridized carbons (Fsp3) is 0.462. The van der Waals surface area contributed by atoms with E-state index in [1.807, 2.05) is 37.1 Å². The van der Waals surface area contributed by atoms with Crippen molar-refractivity contribution in [1.29, 1.82) is 0 Å². The van der Waals surface area contributed by atoms with Crippen LogP contribution in [0.1, 0.15) is 20.8 Å². The maximum atomic E-state index is 11.6. The van der Waals surface area contributed by atoms with Gasteiger partial charge in [0, 0.05) is 18.3 Å². The van der Waals surface area contributed by atoms with Crippen LogP contribution in [-0.2, 0) is 9.53 Å². The van der Waals surface area contributed by atoms with Gasteiger partial charge in [-0.25, -0.2) is 9.50 Å². The first-order valence-electron chi connectivity index (χ1n) is 6.34. The summed E-state index contributed by atoms with van der Waals surface area (Å²) in [7, 11) is 0. The zero-order valence-electron chi connectivity index (χ0n) is 11.4. The van der Waals surface area contributed by atoms with Gasteiger partial charge in [0.1, 0.15) is 12.4 Å². The third kappa shape index (κ3) is 3.01. The second kappa shape index (κ2) is 5.69. The highest BCUT2D eigenvalue weighted by Gasteiger charge is 2.17. The van der Waals surface area contributed by atoms with E-state index < -0.39 is 0 Å². The Bertz CT molecular complexity index is 565. The van der Waals surface area contributed by atoms with E-state index >= 15 is 0 Å². The molecule has 0 saturated carbocycles. The lowest BCUT2D eigenvalue weighted by atomic mass is 10.3. The zero-order valence-corrected chi connectivity index (χ0v) is 11.4. The Morgan fingerprint density at radius 2 is 2.26 bits per heavy atom. The average molecular weight is 262 g/mol. The first-order valence-corrected chi connectivity index (χ1v) is 6.34. The molecule has 6 nitrogen and oxygen atoms in total. The van der Waals surface area contributed by atoms with Gasteiger partial charge in [-0.15, -0.1) is 0 Å². The van der Waals surface area contributed by atoms with Crippen molar-refractivity contribution in [3.05, 3.63) is 24.5 Å². The second-order valence-electron chi connectivity index (χ2n) is 4.45. The molecule has 102 valence electrons. The lowest BCUT2D eigenvalue weighted by Gasteiger charge is -2.26. The molecule has 0 radical (unpaired) electrons. The molecule has 0 N–H and O–H groups in total. The third-order valence-electron chi connectivity index (χ3n) is 2.77. The molecule has 0 fully saturated rings. The van der Waals surface area contributed by atoms with Gasteiger partial charge in [0.2, 0.25) is 0 Å². The van der Waals surface area contributed by atoms with Crippen molar-refractivity contribution in [2.45, 2.75) is 26.8 Å². The summed E-state index contributed by atoms with van der Waals surface area (Å²) in [6, 6.07) is 3.83. The van der Waals surface area contributed by atoms with E-state index in [1.54, 1.807) is 17.6 Å². The van der Waals surface area contributed by atoms with Gasteiger partial charge in [0.15, 0.2) is 5.65 Å². The monoisotopic (exact) mass is 262 g/mol. The van der Waals surface area contributed by atoms with E-state index in [4.69, 9.17) is 4.74 Å². The summed E-state index contributed by atoms with van der Waals surface area (Å²) < 4.78 is 6.68. The lowest BCUT2D eigenvalue weighted by Crippen LogP contribution is -2.37. The summed E-state index contributed by atoms with van der Waals surface area (Å²) in [6.45, 7) is 6.42. The number of esters is 1. The average Bonchev–Trinajstić information content (AvgIpc) is 2.83. The van der Waals surface area contributed by atoms with Gasteiger partial charge in [0.25, 0.3) is 0 Å². The molecule has 6 heteroatoms. The Morgan fingerprint density at radius 1 is 1.47 bits per heavy atom. The Morgan fingerprint density at radius 3 is 2.95 bits per heavy atom. The Hall–Kier alpha value is -2.11. The SMILES string of the molecule is CCOC(=O)CN(c1ccn2nccc2n1)C(C)C. The van der Waals surface area contributed by atoms with Crippen LogP contribution in [0.3, 0.4) is 0 Å². The molecule has 2 rings (SSSR count). The van der Waals surface area contributed by atoms with E-state index in [0.717, 1.165) is 11.5 Å². The van der Waals surface area contributed by atoms with Crippen LogP contribution in [0.2, 0.25) is 0 Å². The number of anilines is 1. The maximum absolute atomic E-state index is 11.6. The Labute approximate surface area is 112 Å². The molecular formula is C13H18N4O2. The number of hydrogen-bond donors (Lipinski definition) is 0. The zero-order chi connectivity index (χ0) is 13.8. The minimum Gasteiger partial charge on any atom is -0.465 e. The van der Waals surface area contributed by atoms with E-state index in [-0.39, 0.29) is 18.6 Å². The quantitative estimate of drug-likeness (QED) is 0.764. The minimum atomic E-state index is -0.244. The van der Waals surface area contributed by atoms with Gasteiger partial charge in [-0.05, 0) is 26.8 Å². The molecule has 0 aliphatic heterocycles. The first-order chi connectivity index (χ1) is 9.11. The van der Waals surface area contributed by atoms with Crippen molar-refractivity contribution in [1.82, 2.24) is 14.6 Å². The van der Waals surface area contributed by atoms with Crippen LogP contribution in [0.5, 0.6) is 0 Å². The number of nitrogens with zero attached hydrogens (tertiary/aromatic N) is 4. The smallest absolute Gasteiger partial charge is 0.325 e. The topological polar surface area (TPSA) is 59.7 Å². The van der Waals surface area contributed by atoms with Crippen molar-refractivity contribution >= 4 is 17.4 Å². The molecule has 0 aliphatic rings. The number of carbonyl (C=O) groups excluding carboxylic acids is 1. The molecule has 0 amide bonds. The summed E-state index contributed by atoms with van der Waals surface area (Å²) in [5.41, 5.74) is 0.756. The standard InChI is InChI=1S/C13H18N4O2/c1-4-19-13(18)9-16(10(2)3)11-6-8-17-12(15-11)5-7-14-17/h5-8,10H,4,9H2,1-3H3. The molecular weight excluding hydrogens is 244 g/mol. The first kappa shape index (κ1) is 13.3.